The summed E-state index contributed by atoms with van der Waals surface area (Å²) in [6, 6.07) is 3.61. The van der Waals surface area contributed by atoms with Gasteiger partial charge in [0.15, 0.2) is 0 Å². The Morgan fingerprint density at radius 3 is 2.81 bits per heavy atom. The molecule has 1 atom stereocenters. The van der Waals surface area contributed by atoms with E-state index in [1.807, 2.05) is 0 Å². The molecule has 2 aromatic rings. The fourth-order valence-corrected chi connectivity index (χ4v) is 3.38. The summed E-state index contributed by atoms with van der Waals surface area (Å²) < 4.78 is 30.1. The van der Waals surface area contributed by atoms with Crippen molar-refractivity contribution in [2.45, 2.75) is 18.8 Å². The number of piperidine rings is 1. The zero-order chi connectivity index (χ0) is 14.9. The van der Waals surface area contributed by atoms with Crippen molar-refractivity contribution < 1.29 is 12.9 Å². The lowest BCUT2D eigenvalue weighted by Crippen LogP contribution is -2.38. The third-order valence-electron chi connectivity index (χ3n) is 3.58. The van der Waals surface area contributed by atoms with E-state index in [0.717, 1.165) is 18.4 Å². The van der Waals surface area contributed by atoms with Gasteiger partial charge in [-0.3, -0.25) is 4.98 Å². The molecule has 1 unspecified atom stereocenters. The molecule has 0 amide bonds. The molecule has 0 aliphatic carbocycles. The second kappa shape index (κ2) is 5.53. The Morgan fingerprint density at radius 2 is 2.10 bits per heavy atom. The van der Waals surface area contributed by atoms with Gasteiger partial charge in [0.1, 0.15) is 0 Å². The fourth-order valence-electron chi connectivity index (χ4n) is 2.46. The van der Waals surface area contributed by atoms with E-state index in [2.05, 4.69) is 15.1 Å². The minimum absolute atomic E-state index is 0.0448. The number of sulfonamides is 1. The SMILES string of the molecule is CS(=O)(=O)N1CCCC(c2nc(-c3ccncc3)no2)C1. The van der Waals surface area contributed by atoms with Crippen LogP contribution >= 0.6 is 0 Å². The third kappa shape index (κ3) is 3.11. The Hall–Kier alpha value is -1.80. The predicted octanol–water partition coefficient (Wildman–Crippen LogP) is 1.27. The van der Waals surface area contributed by atoms with Crippen molar-refractivity contribution in [3.8, 4) is 11.4 Å². The summed E-state index contributed by atoms with van der Waals surface area (Å²) >= 11 is 0. The van der Waals surface area contributed by atoms with E-state index in [1.165, 1.54) is 10.6 Å². The number of nitrogens with zero attached hydrogens (tertiary/aromatic N) is 4. The van der Waals surface area contributed by atoms with Crippen LogP contribution in [-0.2, 0) is 10.0 Å². The highest BCUT2D eigenvalue weighted by Crippen LogP contribution is 2.28. The molecule has 0 radical (unpaired) electrons. The monoisotopic (exact) mass is 308 g/mol. The van der Waals surface area contributed by atoms with Gasteiger partial charge >= 0.3 is 0 Å². The lowest BCUT2D eigenvalue weighted by atomic mass is 10.00. The standard InChI is InChI=1S/C13H16N4O3S/c1-21(18,19)17-8-2-3-11(9-17)13-15-12(16-20-13)10-4-6-14-7-5-10/h4-7,11H,2-3,8-9H2,1H3. The maximum Gasteiger partial charge on any atom is 0.231 e. The first-order valence-electron chi connectivity index (χ1n) is 6.73. The molecule has 3 heterocycles. The van der Waals surface area contributed by atoms with Gasteiger partial charge in [-0.15, -0.1) is 0 Å². The molecule has 21 heavy (non-hydrogen) atoms. The second-order valence-electron chi connectivity index (χ2n) is 5.15. The molecule has 7 nitrogen and oxygen atoms in total. The van der Waals surface area contributed by atoms with Crippen LogP contribution in [0, 0.1) is 0 Å². The van der Waals surface area contributed by atoms with Gasteiger partial charge in [-0.25, -0.2) is 12.7 Å². The van der Waals surface area contributed by atoms with Crippen LogP contribution in [0.3, 0.4) is 0 Å². The van der Waals surface area contributed by atoms with Crippen LogP contribution < -0.4 is 0 Å². The normalized spacial score (nSPS) is 20.5. The molecule has 0 spiro atoms. The minimum Gasteiger partial charge on any atom is -0.339 e. The van der Waals surface area contributed by atoms with Crippen molar-refractivity contribution in [3.05, 3.63) is 30.4 Å². The average molecular weight is 308 g/mol. The van der Waals surface area contributed by atoms with Crippen molar-refractivity contribution in [3.63, 3.8) is 0 Å². The smallest absolute Gasteiger partial charge is 0.231 e. The summed E-state index contributed by atoms with van der Waals surface area (Å²) in [7, 11) is -3.18. The van der Waals surface area contributed by atoms with E-state index in [4.69, 9.17) is 4.52 Å². The van der Waals surface area contributed by atoms with Crippen LogP contribution in [0.2, 0.25) is 0 Å². The number of aromatic nitrogens is 3. The van der Waals surface area contributed by atoms with Gasteiger partial charge in [-0.2, -0.15) is 4.98 Å². The summed E-state index contributed by atoms with van der Waals surface area (Å²) in [4.78, 5) is 8.34. The summed E-state index contributed by atoms with van der Waals surface area (Å²) in [5.41, 5.74) is 0.829. The Balaban J connectivity index is 1.80. The molecule has 3 rings (SSSR count). The van der Waals surface area contributed by atoms with Crippen LogP contribution in [0.4, 0.5) is 0 Å². The van der Waals surface area contributed by atoms with Gasteiger partial charge in [0.25, 0.3) is 0 Å². The summed E-state index contributed by atoms with van der Waals surface area (Å²) in [6.07, 6.45) is 6.20. The molecule has 0 bridgehead atoms. The lowest BCUT2D eigenvalue weighted by molar-refractivity contribution is 0.266. The molecular weight excluding hydrogens is 292 g/mol. The molecular formula is C13H16N4O3S. The topological polar surface area (TPSA) is 89.2 Å². The maximum atomic E-state index is 11.6. The lowest BCUT2D eigenvalue weighted by Gasteiger charge is -2.28. The molecule has 0 saturated carbocycles. The van der Waals surface area contributed by atoms with Gasteiger partial charge in [0, 0.05) is 31.0 Å². The van der Waals surface area contributed by atoms with Gasteiger partial charge in [-0.1, -0.05) is 5.16 Å². The van der Waals surface area contributed by atoms with Crippen molar-refractivity contribution in [1.29, 1.82) is 0 Å². The van der Waals surface area contributed by atoms with E-state index >= 15 is 0 Å². The predicted molar refractivity (Wildman–Crippen MR) is 75.9 cm³/mol. The Labute approximate surface area is 123 Å². The largest absolute Gasteiger partial charge is 0.339 e. The minimum atomic E-state index is -3.18. The quantitative estimate of drug-likeness (QED) is 0.848. The summed E-state index contributed by atoms with van der Waals surface area (Å²) in [6.45, 7) is 0.956. The first kappa shape index (κ1) is 14.2. The molecule has 112 valence electrons. The first-order valence-corrected chi connectivity index (χ1v) is 8.58. The Bertz CT molecular complexity index is 714. The van der Waals surface area contributed by atoms with Gasteiger partial charge in [-0.05, 0) is 25.0 Å². The fraction of sp³-hybridized carbons (Fsp3) is 0.462. The molecule has 0 N–H and O–H groups in total. The van der Waals surface area contributed by atoms with Crippen LogP contribution in [-0.4, -0.2) is 47.2 Å². The highest BCUT2D eigenvalue weighted by atomic mass is 32.2. The van der Waals surface area contributed by atoms with E-state index < -0.39 is 10.0 Å². The van der Waals surface area contributed by atoms with Crippen molar-refractivity contribution in [2.75, 3.05) is 19.3 Å². The number of hydrogen-bond acceptors (Lipinski definition) is 6. The zero-order valence-corrected chi connectivity index (χ0v) is 12.5. The van der Waals surface area contributed by atoms with E-state index in [0.29, 0.717) is 24.8 Å². The van der Waals surface area contributed by atoms with Crippen LogP contribution in [0.5, 0.6) is 0 Å². The van der Waals surface area contributed by atoms with Crippen LogP contribution in [0.25, 0.3) is 11.4 Å². The Morgan fingerprint density at radius 1 is 1.33 bits per heavy atom. The van der Waals surface area contributed by atoms with Gasteiger partial charge in [0.05, 0.1) is 12.2 Å². The molecule has 1 fully saturated rings. The number of rotatable bonds is 3. The average Bonchev–Trinajstić information content (AvgIpc) is 2.97. The molecule has 0 aromatic carbocycles. The third-order valence-corrected chi connectivity index (χ3v) is 4.85. The summed E-state index contributed by atoms with van der Waals surface area (Å²) in [5, 5.41) is 3.97. The molecule has 8 heteroatoms. The second-order valence-corrected chi connectivity index (χ2v) is 7.13. The highest BCUT2D eigenvalue weighted by molar-refractivity contribution is 7.88. The molecule has 1 saturated heterocycles. The summed E-state index contributed by atoms with van der Waals surface area (Å²) in [5.74, 6) is 0.954. The van der Waals surface area contributed by atoms with Crippen LogP contribution in [0.1, 0.15) is 24.7 Å². The van der Waals surface area contributed by atoms with E-state index in [1.54, 1.807) is 24.5 Å². The highest BCUT2D eigenvalue weighted by Gasteiger charge is 2.30. The van der Waals surface area contributed by atoms with Gasteiger partial charge in [0.2, 0.25) is 21.7 Å². The van der Waals surface area contributed by atoms with E-state index in [9.17, 15) is 8.42 Å². The van der Waals surface area contributed by atoms with Crippen molar-refractivity contribution in [1.82, 2.24) is 19.4 Å². The van der Waals surface area contributed by atoms with Gasteiger partial charge < -0.3 is 4.52 Å². The van der Waals surface area contributed by atoms with E-state index in [-0.39, 0.29) is 5.92 Å². The van der Waals surface area contributed by atoms with Crippen molar-refractivity contribution >= 4 is 10.0 Å². The molecule has 1 aliphatic rings. The number of pyridine rings is 1. The van der Waals surface area contributed by atoms with Crippen LogP contribution in [0.15, 0.2) is 29.0 Å². The molecule has 2 aromatic heterocycles. The molecule has 1 aliphatic heterocycles. The maximum absolute atomic E-state index is 11.6. The van der Waals surface area contributed by atoms with Crippen molar-refractivity contribution in [2.24, 2.45) is 0 Å². The first-order chi connectivity index (χ1) is 10.0. The zero-order valence-electron chi connectivity index (χ0n) is 11.6. The number of hydrogen-bond donors (Lipinski definition) is 0. The Kier molecular flexibility index (Phi) is 3.73.